The van der Waals surface area contributed by atoms with Gasteiger partial charge in [-0.2, -0.15) is 0 Å². The number of hydrogen-bond acceptors (Lipinski definition) is 1. The van der Waals surface area contributed by atoms with E-state index in [1.165, 1.54) is 11.1 Å². The Morgan fingerprint density at radius 2 is 1.15 bits per heavy atom. The molecule has 0 saturated heterocycles. The van der Waals surface area contributed by atoms with Crippen LogP contribution in [0.1, 0.15) is 15.9 Å². The summed E-state index contributed by atoms with van der Waals surface area (Å²) in [5.74, 6) is 0.108. The number of ketones is 1. The standard InChI is InChI=1S/C31H19NO/c33-31-27-12-5-4-10-23(27)25-18-19-26-24-11-6-7-13-28(24)32(30(26)29(25)31)22-16-14-21(15-17-22)20-8-2-1-3-9-20/h1-19H. The molecule has 0 atom stereocenters. The van der Waals surface area contributed by atoms with Gasteiger partial charge in [0.25, 0.3) is 0 Å². The Balaban J connectivity index is 1.54. The number of hydrogen-bond donors (Lipinski definition) is 0. The maximum Gasteiger partial charge on any atom is 0.196 e. The van der Waals surface area contributed by atoms with Crippen LogP contribution in [0.3, 0.4) is 0 Å². The molecular weight excluding hydrogens is 402 g/mol. The average Bonchev–Trinajstić information content (AvgIpc) is 3.37. The topological polar surface area (TPSA) is 22.0 Å². The Morgan fingerprint density at radius 3 is 1.97 bits per heavy atom. The van der Waals surface area contributed by atoms with Crippen LogP contribution in [0, 0.1) is 0 Å². The molecule has 0 fully saturated rings. The number of rotatable bonds is 2. The quantitative estimate of drug-likeness (QED) is 0.281. The second kappa shape index (κ2) is 6.78. The molecule has 33 heavy (non-hydrogen) atoms. The molecule has 1 aromatic heterocycles. The summed E-state index contributed by atoms with van der Waals surface area (Å²) in [4.78, 5) is 13.6. The van der Waals surface area contributed by atoms with Crippen molar-refractivity contribution in [1.29, 1.82) is 0 Å². The molecule has 0 saturated carbocycles. The number of aromatic nitrogens is 1. The van der Waals surface area contributed by atoms with Crippen molar-refractivity contribution in [2.75, 3.05) is 0 Å². The summed E-state index contributed by atoms with van der Waals surface area (Å²) in [5.41, 5.74) is 9.15. The summed E-state index contributed by atoms with van der Waals surface area (Å²) >= 11 is 0. The van der Waals surface area contributed by atoms with E-state index in [9.17, 15) is 4.79 Å². The summed E-state index contributed by atoms with van der Waals surface area (Å²) in [6.45, 7) is 0. The van der Waals surface area contributed by atoms with Gasteiger partial charge >= 0.3 is 0 Å². The monoisotopic (exact) mass is 421 g/mol. The molecule has 6 aromatic rings. The molecule has 154 valence electrons. The van der Waals surface area contributed by atoms with Crippen molar-refractivity contribution in [2.45, 2.75) is 0 Å². The number of benzene rings is 5. The molecule has 2 nitrogen and oxygen atoms in total. The average molecular weight is 421 g/mol. The Kier molecular flexibility index (Phi) is 3.73. The Labute approximate surface area is 191 Å². The first kappa shape index (κ1) is 18.2. The first-order chi connectivity index (χ1) is 16.3. The number of carbonyl (C=O) groups is 1. The molecule has 1 aliphatic carbocycles. The molecule has 0 bridgehead atoms. The molecule has 0 radical (unpaired) electrons. The van der Waals surface area contributed by atoms with Gasteiger partial charge in [-0.25, -0.2) is 0 Å². The van der Waals surface area contributed by atoms with Crippen LogP contribution < -0.4 is 0 Å². The van der Waals surface area contributed by atoms with Gasteiger partial charge < -0.3 is 4.57 Å². The van der Waals surface area contributed by atoms with Crippen LogP contribution in [0.15, 0.2) is 115 Å². The van der Waals surface area contributed by atoms with Crippen LogP contribution in [-0.4, -0.2) is 10.4 Å². The van der Waals surface area contributed by atoms with Crippen molar-refractivity contribution in [3.8, 4) is 27.9 Å². The summed E-state index contributed by atoms with van der Waals surface area (Å²) in [7, 11) is 0. The molecule has 2 heteroatoms. The third-order valence-corrected chi connectivity index (χ3v) is 6.76. The summed E-state index contributed by atoms with van der Waals surface area (Å²) < 4.78 is 2.25. The molecule has 5 aromatic carbocycles. The van der Waals surface area contributed by atoms with Crippen LogP contribution in [0.25, 0.3) is 49.7 Å². The van der Waals surface area contributed by atoms with Crippen molar-refractivity contribution in [2.24, 2.45) is 0 Å². The van der Waals surface area contributed by atoms with Gasteiger partial charge in [0.05, 0.1) is 16.6 Å². The van der Waals surface area contributed by atoms with E-state index in [0.29, 0.717) is 0 Å². The fourth-order valence-corrected chi connectivity index (χ4v) is 5.26. The third kappa shape index (κ3) is 2.52. The zero-order chi connectivity index (χ0) is 21.9. The minimum absolute atomic E-state index is 0.108. The second-order valence-corrected chi connectivity index (χ2v) is 8.52. The molecule has 0 N–H and O–H groups in total. The molecule has 0 spiro atoms. The van der Waals surface area contributed by atoms with E-state index in [1.54, 1.807) is 0 Å². The lowest BCUT2D eigenvalue weighted by atomic mass is 10.0. The van der Waals surface area contributed by atoms with E-state index in [1.807, 2.05) is 30.3 Å². The maximum atomic E-state index is 13.6. The van der Waals surface area contributed by atoms with Gasteiger partial charge in [0.15, 0.2) is 5.78 Å². The van der Waals surface area contributed by atoms with E-state index in [2.05, 4.69) is 89.5 Å². The van der Waals surface area contributed by atoms with Crippen molar-refractivity contribution in [1.82, 2.24) is 4.57 Å². The van der Waals surface area contributed by atoms with Gasteiger partial charge in [0.1, 0.15) is 0 Å². The van der Waals surface area contributed by atoms with Gasteiger partial charge in [0, 0.05) is 22.0 Å². The summed E-state index contributed by atoms with van der Waals surface area (Å²) in [6.07, 6.45) is 0. The Bertz CT molecular complexity index is 1710. The van der Waals surface area contributed by atoms with E-state index in [4.69, 9.17) is 0 Å². The van der Waals surface area contributed by atoms with Gasteiger partial charge in [-0.1, -0.05) is 97.1 Å². The van der Waals surface area contributed by atoms with Crippen molar-refractivity contribution in [3.63, 3.8) is 0 Å². The van der Waals surface area contributed by atoms with Gasteiger partial charge in [-0.3, -0.25) is 4.79 Å². The summed E-state index contributed by atoms with van der Waals surface area (Å²) in [6, 6.07) is 39.6. The molecular formula is C31H19NO. The molecule has 0 amide bonds. The molecule has 7 rings (SSSR count). The molecule has 0 unspecified atom stereocenters. The molecule has 1 heterocycles. The normalized spacial score (nSPS) is 12.3. The second-order valence-electron chi connectivity index (χ2n) is 8.52. The maximum absolute atomic E-state index is 13.6. The van der Waals surface area contributed by atoms with Crippen molar-refractivity contribution >= 4 is 27.6 Å². The number of carbonyl (C=O) groups excluding carboxylic acids is 1. The van der Waals surface area contributed by atoms with Gasteiger partial charge in [0.2, 0.25) is 0 Å². The molecule has 0 aliphatic heterocycles. The first-order valence-corrected chi connectivity index (χ1v) is 11.2. The van der Waals surface area contributed by atoms with Crippen LogP contribution in [0.5, 0.6) is 0 Å². The van der Waals surface area contributed by atoms with E-state index in [-0.39, 0.29) is 5.78 Å². The van der Waals surface area contributed by atoms with Crippen LogP contribution in [0.2, 0.25) is 0 Å². The lowest BCUT2D eigenvalue weighted by molar-refractivity contribution is 0.104. The minimum Gasteiger partial charge on any atom is -0.308 e. The predicted molar refractivity (Wildman–Crippen MR) is 135 cm³/mol. The Morgan fingerprint density at radius 1 is 0.485 bits per heavy atom. The molecule has 1 aliphatic rings. The van der Waals surface area contributed by atoms with Crippen LogP contribution in [-0.2, 0) is 0 Å². The smallest absolute Gasteiger partial charge is 0.196 e. The van der Waals surface area contributed by atoms with E-state index < -0.39 is 0 Å². The van der Waals surface area contributed by atoms with Crippen LogP contribution >= 0.6 is 0 Å². The van der Waals surface area contributed by atoms with Gasteiger partial charge in [-0.15, -0.1) is 0 Å². The zero-order valence-electron chi connectivity index (χ0n) is 17.8. The minimum atomic E-state index is 0.108. The number of fused-ring (bicyclic) bond motifs is 7. The lowest BCUT2D eigenvalue weighted by Crippen LogP contribution is -2.01. The highest BCUT2D eigenvalue weighted by molar-refractivity contribution is 6.29. The first-order valence-electron chi connectivity index (χ1n) is 11.2. The number of nitrogens with zero attached hydrogens (tertiary/aromatic N) is 1. The predicted octanol–water partition coefficient (Wildman–Crippen LogP) is 7.66. The summed E-state index contributed by atoms with van der Waals surface area (Å²) in [5, 5.41) is 2.27. The highest BCUT2D eigenvalue weighted by Crippen LogP contribution is 2.44. The van der Waals surface area contributed by atoms with E-state index in [0.717, 1.165) is 49.7 Å². The largest absolute Gasteiger partial charge is 0.308 e. The van der Waals surface area contributed by atoms with Crippen molar-refractivity contribution < 1.29 is 4.79 Å². The highest BCUT2D eigenvalue weighted by Gasteiger charge is 2.30. The third-order valence-electron chi connectivity index (χ3n) is 6.76. The van der Waals surface area contributed by atoms with Crippen LogP contribution in [0.4, 0.5) is 0 Å². The highest BCUT2D eigenvalue weighted by atomic mass is 16.1. The fourth-order valence-electron chi connectivity index (χ4n) is 5.26. The zero-order valence-corrected chi connectivity index (χ0v) is 17.8. The fraction of sp³-hybridized carbons (Fsp3) is 0. The lowest BCUT2D eigenvalue weighted by Gasteiger charge is -2.11. The Hall–Kier alpha value is -4.43. The van der Waals surface area contributed by atoms with Crippen molar-refractivity contribution in [3.05, 3.63) is 126 Å². The van der Waals surface area contributed by atoms with E-state index >= 15 is 0 Å². The number of para-hydroxylation sites is 1. The van der Waals surface area contributed by atoms with Gasteiger partial charge in [-0.05, 0) is 40.5 Å². The SMILES string of the molecule is O=C1c2ccccc2-c2ccc3c4ccccc4n(-c4ccc(-c5ccccc5)cc4)c3c21.